The van der Waals surface area contributed by atoms with Gasteiger partial charge in [-0.2, -0.15) is 0 Å². The van der Waals surface area contributed by atoms with E-state index in [0.717, 1.165) is 11.1 Å². The molecule has 0 unspecified atom stereocenters. The average molecular weight is 372 g/mol. The van der Waals surface area contributed by atoms with Crippen LogP contribution in [0, 0.1) is 11.6 Å². The summed E-state index contributed by atoms with van der Waals surface area (Å²) in [6.07, 6.45) is 0. The first-order valence-electron chi connectivity index (χ1n) is 8.05. The number of hydrogen-bond acceptors (Lipinski definition) is 1. The fourth-order valence-electron chi connectivity index (χ4n) is 2.62. The van der Waals surface area contributed by atoms with Crippen LogP contribution in [0.1, 0.15) is 21.5 Å². The number of hydrogen-bond donors (Lipinski definition) is 0. The smallest absolute Gasteiger partial charge is 0.255 e. The molecular formula is C21H16ClF2NO. The molecule has 0 atom stereocenters. The van der Waals surface area contributed by atoms with Crippen LogP contribution in [0.5, 0.6) is 0 Å². The van der Waals surface area contributed by atoms with E-state index < -0.39 is 0 Å². The molecule has 132 valence electrons. The molecule has 0 bridgehead atoms. The lowest BCUT2D eigenvalue weighted by atomic mass is 10.1. The van der Waals surface area contributed by atoms with Crippen LogP contribution in [0.3, 0.4) is 0 Å². The molecule has 3 rings (SSSR count). The SMILES string of the molecule is O=C(c1ccccc1Cl)N(Cc1ccc(F)cc1)Cc1ccc(F)cc1. The van der Waals surface area contributed by atoms with Gasteiger partial charge in [0.25, 0.3) is 5.91 Å². The predicted octanol–water partition coefficient (Wildman–Crippen LogP) is 5.46. The van der Waals surface area contributed by atoms with E-state index in [9.17, 15) is 13.6 Å². The Balaban J connectivity index is 1.89. The van der Waals surface area contributed by atoms with Crippen LogP contribution in [-0.4, -0.2) is 10.8 Å². The topological polar surface area (TPSA) is 20.3 Å². The zero-order chi connectivity index (χ0) is 18.5. The molecule has 0 spiro atoms. The van der Waals surface area contributed by atoms with Crippen molar-refractivity contribution < 1.29 is 13.6 Å². The molecule has 0 heterocycles. The van der Waals surface area contributed by atoms with Crippen molar-refractivity contribution in [2.24, 2.45) is 0 Å². The second-order valence-electron chi connectivity index (χ2n) is 5.89. The van der Waals surface area contributed by atoms with Crippen LogP contribution >= 0.6 is 11.6 Å². The summed E-state index contributed by atoms with van der Waals surface area (Å²) < 4.78 is 26.3. The number of carbonyl (C=O) groups excluding carboxylic acids is 1. The fourth-order valence-corrected chi connectivity index (χ4v) is 2.84. The third-order valence-corrected chi connectivity index (χ3v) is 4.29. The van der Waals surface area contributed by atoms with Crippen LogP contribution in [0.25, 0.3) is 0 Å². The van der Waals surface area contributed by atoms with E-state index in [4.69, 9.17) is 11.6 Å². The Bertz CT molecular complexity index is 847. The Labute approximate surface area is 155 Å². The minimum Gasteiger partial charge on any atom is -0.330 e. The predicted molar refractivity (Wildman–Crippen MR) is 97.8 cm³/mol. The maximum Gasteiger partial charge on any atom is 0.255 e. The van der Waals surface area contributed by atoms with Crippen molar-refractivity contribution in [3.63, 3.8) is 0 Å². The van der Waals surface area contributed by atoms with Gasteiger partial charge in [-0.25, -0.2) is 8.78 Å². The van der Waals surface area contributed by atoms with Crippen molar-refractivity contribution in [1.82, 2.24) is 4.90 Å². The van der Waals surface area contributed by atoms with E-state index in [-0.39, 0.29) is 30.6 Å². The van der Waals surface area contributed by atoms with E-state index >= 15 is 0 Å². The highest BCUT2D eigenvalue weighted by atomic mass is 35.5. The van der Waals surface area contributed by atoms with E-state index in [2.05, 4.69) is 0 Å². The van der Waals surface area contributed by atoms with E-state index in [0.29, 0.717) is 10.6 Å². The number of amides is 1. The van der Waals surface area contributed by atoms with Crippen molar-refractivity contribution in [3.8, 4) is 0 Å². The summed E-state index contributed by atoms with van der Waals surface area (Å²) in [6, 6.07) is 18.7. The Morgan fingerprint density at radius 1 is 0.769 bits per heavy atom. The van der Waals surface area contributed by atoms with Crippen molar-refractivity contribution in [1.29, 1.82) is 0 Å². The zero-order valence-corrected chi connectivity index (χ0v) is 14.6. The monoisotopic (exact) mass is 371 g/mol. The first kappa shape index (κ1) is 18.1. The Morgan fingerprint density at radius 3 is 1.69 bits per heavy atom. The highest BCUT2D eigenvalue weighted by Crippen LogP contribution is 2.20. The zero-order valence-electron chi connectivity index (χ0n) is 13.8. The van der Waals surface area contributed by atoms with Crippen molar-refractivity contribution in [2.45, 2.75) is 13.1 Å². The third kappa shape index (κ3) is 4.46. The van der Waals surface area contributed by atoms with Crippen LogP contribution in [-0.2, 0) is 13.1 Å². The highest BCUT2D eigenvalue weighted by Gasteiger charge is 2.19. The molecule has 2 nitrogen and oxygen atoms in total. The standard InChI is InChI=1S/C21H16ClF2NO/c22-20-4-2-1-3-19(20)21(26)25(13-15-5-9-17(23)10-6-15)14-16-7-11-18(24)12-8-16/h1-12H,13-14H2. The van der Waals surface area contributed by atoms with Gasteiger partial charge in [0.05, 0.1) is 10.6 Å². The summed E-state index contributed by atoms with van der Waals surface area (Å²) in [5.41, 5.74) is 1.96. The van der Waals surface area contributed by atoms with Crippen LogP contribution in [0.4, 0.5) is 8.78 Å². The summed E-state index contributed by atoms with van der Waals surface area (Å²) in [4.78, 5) is 14.6. The summed E-state index contributed by atoms with van der Waals surface area (Å²) in [5, 5.41) is 0.362. The number of halogens is 3. The van der Waals surface area contributed by atoms with Gasteiger partial charge in [-0.3, -0.25) is 4.79 Å². The third-order valence-electron chi connectivity index (χ3n) is 3.96. The van der Waals surface area contributed by atoms with Gasteiger partial charge in [0.2, 0.25) is 0 Å². The van der Waals surface area contributed by atoms with Gasteiger partial charge >= 0.3 is 0 Å². The largest absolute Gasteiger partial charge is 0.330 e. The van der Waals surface area contributed by atoms with Crippen molar-refractivity contribution >= 4 is 17.5 Å². The summed E-state index contributed by atoms with van der Waals surface area (Å²) in [6.45, 7) is 0.559. The van der Waals surface area contributed by atoms with E-state index in [1.807, 2.05) is 0 Å². The maximum absolute atomic E-state index is 13.2. The number of benzene rings is 3. The Hall–Kier alpha value is -2.72. The lowest BCUT2D eigenvalue weighted by Gasteiger charge is -2.24. The highest BCUT2D eigenvalue weighted by molar-refractivity contribution is 6.33. The van der Waals surface area contributed by atoms with E-state index in [1.165, 1.54) is 24.3 Å². The summed E-state index contributed by atoms with van der Waals surface area (Å²) in [7, 11) is 0. The lowest BCUT2D eigenvalue weighted by Crippen LogP contribution is -2.30. The van der Waals surface area contributed by atoms with Crippen LogP contribution in [0.15, 0.2) is 72.8 Å². The molecule has 3 aromatic rings. The van der Waals surface area contributed by atoms with Gasteiger partial charge in [0, 0.05) is 13.1 Å². The molecule has 0 radical (unpaired) electrons. The summed E-state index contributed by atoms with van der Waals surface area (Å²) in [5.74, 6) is -0.920. The number of carbonyl (C=O) groups is 1. The molecule has 1 amide bonds. The Kier molecular flexibility index (Phi) is 5.64. The maximum atomic E-state index is 13.2. The van der Waals surface area contributed by atoms with Crippen molar-refractivity contribution in [2.75, 3.05) is 0 Å². The molecule has 0 aliphatic rings. The van der Waals surface area contributed by atoms with Gasteiger partial charge in [0.1, 0.15) is 11.6 Å². The van der Waals surface area contributed by atoms with Gasteiger partial charge in [0.15, 0.2) is 0 Å². The minimum absolute atomic E-state index is 0.246. The molecule has 0 saturated carbocycles. The van der Waals surface area contributed by atoms with E-state index in [1.54, 1.807) is 53.4 Å². The van der Waals surface area contributed by atoms with Gasteiger partial charge in [-0.15, -0.1) is 0 Å². The first-order valence-corrected chi connectivity index (χ1v) is 8.43. The minimum atomic E-state index is -0.337. The molecule has 5 heteroatoms. The molecule has 0 aliphatic heterocycles. The summed E-state index contributed by atoms with van der Waals surface area (Å²) >= 11 is 6.16. The molecule has 0 aliphatic carbocycles. The van der Waals surface area contributed by atoms with Gasteiger partial charge in [-0.05, 0) is 47.5 Å². The quantitative estimate of drug-likeness (QED) is 0.583. The first-order chi connectivity index (χ1) is 12.5. The van der Waals surface area contributed by atoms with Crippen LogP contribution < -0.4 is 0 Å². The molecule has 26 heavy (non-hydrogen) atoms. The molecule has 0 N–H and O–H groups in total. The molecule has 3 aromatic carbocycles. The number of nitrogens with zero attached hydrogens (tertiary/aromatic N) is 1. The second kappa shape index (κ2) is 8.11. The average Bonchev–Trinajstić information content (AvgIpc) is 2.64. The molecular weight excluding hydrogens is 356 g/mol. The second-order valence-corrected chi connectivity index (χ2v) is 6.30. The van der Waals surface area contributed by atoms with Gasteiger partial charge < -0.3 is 4.90 Å². The van der Waals surface area contributed by atoms with Crippen LogP contribution in [0.2, 0.25) is 5.02 Å². The lowest BCUT2D eigenvalue weighted by molar-refractivity contribution is 0.0730. The normalized spacial score (nSPS) is 10.6. The Morgan fingerprint density at radius 2 is 1.23 bits per heavy atom. The van der Waals surface area contributed by atoms with Gasteiger partial charge in [-0.1, -0.05) is 48.0 Å². The number of rotatable bonds is 5. The van der Waals surface area contributed by atoms with Crippen molar-refractivity contribution in [3.05, 3.63) is 106 Å². The molecule has 0 fully saturated rings. The fraction of sp³-hybridized carbons (Fsp3) is 0.0952. The molecule has 0 aromatic heterocycles. The molecule has 0 saturated heterocycles.